The van der Waals surface area contributed by atoms with Crippen molar-refractivity contribution in [3.63, 3.8) is 0 Å². The van der Waals surface area contributed by atoms with Gasteiger partial charge >= 0.3 is 0 Å². The van der Waals surface area contributed by atoms with Crippen molar-refractivity contribution in [3.8, 4) is 0 Å². The summed E-state index contributed by atoms with van der Waals surface area (Å²) in [6.07, 6.45) is 8.93. The zero-order valence-electron chi connectivity index (χ0n) is 22.7. The van der Waals surface area contributed by atoms with Crippen molar-refractivity contribution >= 4 is 17.1 Å². The van der Waals surface area contributed by atoms with Gasteiger partial charge < -0.3 is 15.1 Å². The number of hydrogen-bond acceptors (Lipinski definition) is 5. The minimum Gasteiger partial charge on any atom is -0.387 e. The summed E-state index contributed by atoms with van der Waals surface area (Å²) < 4.78 is 14.4. The van der Waals surface area contributed by atoms with Gasteiger partial charge in [-0.05, 0) is 82.7 Å². The average Bonchev–Trinajstić information content (AvgIpc) is 2.85. The number of aliphatic imine (C=N–C) groups is 2. The number of nitrogens with one attached hydrogen (secondary N) is 1. The highest BCUT2D eigenvalue weighted by atomic mass is 19.1. The fourth-order valence-electron chi connectivity index (χ4n) is 4.98. The maximum Gasteiger partial charge on any atom is 0.123 e. The lowest BCUT2D eigenvalue weighted by Gasteiger charge is -2.39. The van der Waals surface area contributed by atoms with E-state index >= 15 is 0 Å². The van der Waals surface area contributed by atoms with Crippen LogP contribution in [0.2, 0.25) is 0 Å². The molecule has 1 aromatic rings. The highest BCUT2D eigenvalue weighted by molar-refractivity contribution is 6.01. The number of likely N-dealkylation sites (N-methyl/N-ethyl adjacent to an activating group) is 1. The molecule has 0 aromatic heterocycles. The maximum atomic E-state index is 14.4. The van der Waals surface area contributed by atoms with Crippen molar-refractivity contribution in [2.24, 2.45) is 9.98 Å². The highest BCUT2D eigenvalue weighted by Crippen LogP contribution is 2.31. The molecule has 0 spiro atoms. The minimum absolute atomic E-state index is 0.0833. The Balaban J connectivity index is 2.04. The van der Waals surface area contributed by atoms with Crippen LogP contribution in [0.25, 0.3) is 5.70 Å². The Bertz CT molecular complexity index is 1090. The quantitative estimate of drug-likeness (QED) is 0.486. The van der Waals surface area contributed by atoms with Crippen molar-refractivity contribution in [1.82, 2.24) is 15.1 Å². The molecule has 36 heavy (non-hydrogen) atoms. The van der Waals surface area contributed by atoms with Crippen molar-refractivity contribution in [1.29, 1.82) is 0 Å². The van der Waals surface area contributed by atoms with Crippen LogP contribution in [0.3, 0.4) is 0 Å². The lowest BCUT2D eigenvalue weighted by Crippen LogP contribution is -2.43. The standard InChI is InChI=1S/C30H42FN5/c1-21-11-12-26-13-14-27(31)20-28(26)25(5)36-16-9-8-10-30(36)29(32-6)19-23(3)34-22(2)18-24(4)35(7)17-15-33-21/h13-14,18-20,30,33H,1,5,8-12,15-17H2,2-4,6-7H3/b23-19+,24-18+,32-29+,34-22-. The molecule has 0 bridgehead atoms. The van der Waals surface area contributed by atoms with E-state index in [1.807, 2.05) is 27.0 Å². The molecule has 1 aromatic carbocycles. The molecule has 1 N–H and O–H groups in total. The Labute approximate surface area is 216 Å². The first-order chi connectivity index (χ1) is 17.2. The second-order valence-corrected chi connectivity index (χ2v) is 9.88. The lowest BCUT2D eigenvalue weighted by molar-refractivity contribution is 0.283. The summed E-state index contributed by atoms with van der Waals surface area (Å²) >= 11 is 0. The fraction of sp³-hybridized carbons (Fsp3) is 0.467. The molecule has 0 saturated carbocycles. The predicted molar refractivity (Wildman–Crippen MR) is 152 cm³/mol. The van der Waals surface area contributed by atoms with Gasteiger partial charge in [0.15, 0.2) is 0 Å². The second-order valence-electron chi connectivity index (χ2n) is 9.88. The predicted octanol–water partition coefficient (Wildman–Crippen LogP) is 5.97. The molecule has 1 atom stereocenters. The van der Waals surface area contributed by atoms with Crippen LogP contribution in [0, 0.1) is 5.82 Å². The van der Waals surface area contributed by atoms with Crippen molar-refractivity contribution < 1.29 is 4.39 Å². The summed E-state index contributed by atoms with van der Waals surface area (Å²) in [5, 5.41) is 3.45. The van der Waals surface area contributed by atoms with Gasteiger partial charge in [-0.1, -0.05) is 19.2 Å². The lowest BCUT2D eigenvalue weighted by atomic mass is 9.93. The Morgan fingerprint density at radius 1 is 1.08 bits per heavy atom. The number of benzene rings is 1. The number of aryl methyl sites for hydroxylation is 1. The van der Waals surface area contributed by atoms with Crippen LogP contribution in [-0.2, 0) is 6.42 Å². The summed E-state index contributed by atoms with van der Waals surface area (Å²) in [7, 11) is 3.93. The molecule has 1 fully saturated rings. The van der Waals surface area contributed by atoms with Crippen molar-refractivity contribution in [2.75, 3.05) is 33.7 Å². The molecule has 2 heterocycles. The minimum atomic E-state index is -0.241. The van der Waals surface area contributed by atoms with Gasteiger partial charge in [0.2, 0.25) is 0 Å². The third-order valence-corrected chi connectivity index (χ3v) is 7.08. The maximum absolute atomic E-state index is 14.4. The van der Waals surface area contributed by atoms with Gasteiger partial charge in [0.1, 0.15) is 5.82 Å². The fourth-order valence-corrected chi connectivity index (χ4v) is 4.98. The topological polar surface area (TPSA) is 43.2 Å². The zero-order chi connectivity index (χ0) is 26.2. The molecule has 1 saturated heterocycles. The third kappa shape index (κ3) is 7.19. The summed E-state index contributed by atoms with van der Waals surface area (Å²) in [6, 6.07) is 5.15. The van der Waals surface area contributed by atoms with E-state index in [0.29, 0.717) is 0 Å². The SMILES string of the molecule is C=C1CCc2ccc(F)cc2C(=C)N2CCCCC2C(=N/C)/C=C(C)/N=C(C)\C=C(/C)N(C)CCN1. The van der Waals surface area contributed by atoms with Gasteiger partial charge in [0.25, 0.3) is 0 Å². The summed E-state index contributed by atoms with van der Waals surface area (Å²) in [6.45, 7) is 17.4. The second kappa shape index (κ2) is 12.7. The summed E-state index contributed by atoms with van der Waals surface area (Å²) in [4.78, 5) is 14.0. The smallest absolute Gasteiger partial charge is 0.123 e. The van der Waals surface area contributed by atoms with Crippen LogP contribution in [-0.4, -0.2) is 61.0 Å². The van der Waals surface area contributed by atoms with Gasteiger partial charge in [0.05, 0.1) is 11.8 Å². The largest absolute Gasteiger partial charge is 0.387 e. The molecular formula is C30H42FN5. The van der Waals surface area contributed by atoms with Gasteiger partial charge in [0, 0.05) is 67.8 Å². The van der Waals surface area contributed by atoms with E-state index in [1.165, 1.54) is 0 Å². The van der Waals surface area contributed by atoms with Crippen LogP contribution >= 0.6 is 0 Å². The highest BCUT2D eigenvalue weighted by Gasteiger charge is 2.28. The normalized spacial score (nSPS) is 26.7. The van der Waals surface area contributed by atoms with Gasteiger partial charge in [-0.3, -0.25) is 9.98 Å². The van der Waals surface area contributed by atoms with E-state index in [4.69, 9.17) is 4.99 Å². The first kappa shape index (κ1) is 27.4. The average molecular weight is 492 g/mol. The van der Waals surface area contributed by atoms with Gasteiger partial charge in [-0.2, -0.15) is 0 Å². The number of nitrogens with zero attached hydrogens (tertiary/aromatic N) is 4. The molecule has 6 heteroatoms. The summed E-state index contributed by atoms with van der Waals surface area (Å²) in [5.74, 6) is -0.241. The molecule has 5 nitrogen and oxygen atoms in total. The van der Waals surface area contributed by atoms with Crippen molar-refractivity contribution in [3.05, 3.63) is 77.5 Å². The van der Waals surface area contributed by atoms with E-state index in [1.54, 1.807) is 12.1 Å². The molecule has 194 valence electrons. The van der Waals surface area contributed by atoms with E-state index in [0.717, 1.165) is 97.1 Å². The molecule has 2 aliphatic heterocycles. The number of rotatable bonds is 0. The Hall–Kier alpha value is -3.15. The zero-order valence-corrected chi connectivity index (χ0v) is 22.7. The van der Waals surface area contributed by atoms with E-state index in [2.05, 4.69) is 59.4 Å². The first-order valence-electron chi connectivity index (χ1n) is 12.9. The van der Waals surface area contributed by atoms with Gasteiger partial charge in [-0.25, -0.2) is 4.39 Å². The van der Waals surface area contributed by atoms with Crippen LogP contribution in [0.5, 0.6) is 0 Å². The first-order valence-corrected chi connectivity index (χ1v) is 12.9. The Kier molecular flexibility index (Phi) is 9.68. The molecule has 0 radical (unpaired) electrons. The van der Waals surface area contributed by atoms with Crippen LogP contribution in [0.1, 0.15) is 57.6 Å². The number of piperidine rings is 1. The molecule has 3 rings (SSSR count). The van der Waals surface area contributed by atoms with Crippen molar-refractivity contribution in [2.45, 2.75) is 58.9 Å². The molecule has 0 aliphatic carbocycles. The number of hydrogen-bond donors (Lipinski definition) is 1. The van der Waals surface area contributed by atoms with E-state index in [-0.39, 0.29) is 11.9 Å². The number of halogens is 1. The van der Waals surface area contributed by atoms with Crippen LogP contribution in [0.4, 0.5) is 4.39 Å². The number of fused-ring (bicyclic) bond motifs is 2. The van der Waals surface area contributed by atoms with Gasteiger partial charge in [-0.15, -0.1) is 0 Å². The van der Waals surface area contributed by atoms with Crippen LogP contribution < -0.4 is 5.32 Å². The third-order valence-electron chi connectivity index (χ3n) is 7.08. The van der Waals surface area contributed by atoms with Crippen LogP contribution in [0.15, 0.2) is 70.6 Å². The Morgan fingerprint density at radius 2 is 1.86 bits per heavy atom. The number of allylic oxidation sites excluding steroid dienone is 4. The molecule has 2 aliphatic rings. The van der Waals surface area contributed by atoms with E-state index < -0.39 is 0 Å². The Morgan fingerprint density at radius 3 is 2.61 bits per heavy atom. The van der Waals surface area contributed by atoms with E-state index in [9.17, 15) is 4.39 Å². The molecular weight excluding hydrogens is 449 g/mol. The summed E-state index contributed by atoms with van der Waals surface area (Å²) in [5.41, 5.74) is 7.81. The molecule has 0 amide bonds. The molecule has 1 unspecified atom stereocenters. The monoisotopic (exact) mass is 491 g/mol.